The van der Waals surface area contributed by atoms with E-state index in [9.17, 15) is 0 Å². The van der Waals surface area contributed by atoms with Gasteiger partial charge in [0.2, 0.25) is 0 Å². The molecule has 0 bridgehead atoms. The summed E-state index contributed by atoms with van der Waals surface area (Å²) in [5, 5.41) is 0. The Kier molecular flexibility index (Phi) is 8.78. The van der Waals surface area contributed by atoms with Crippen molar-refractivity contribution in [1.29, 1.82) is 0 Å². The van der Waals surface area contributed by atoms with Gasteiger partial charge in [-0.15, -0.1) is 16.7 Å². The Morgan fingerprint density at radius 3 is 1.24 bits per heavy atom. The Morgan fingerprint density at radius 2 is 0.865 bits per heavy atom. The Morgan fingerprint density at radius 1 is 0.514 bits per heavy atom. The maximum Gasteiger partial charge on any atom is 0 e. The first kappa shape index (κ1) is 29.2. The quantitative estimate of drug-likeness (QED) is 0.168. The third kappa shape index (κ3) is 5.43. The molecule has 4 rings (SSSR count). The SMILES string of the molecule is CC(C)c1[c-]cc(C(C)(C)c2ccccc2)c(C(C)(C)c2ccccc2)c1C(C)(C)c1ccccc1.[Ti]. The molecule has 4 aromatic rings. The van der Waals surface area contributed by atoms with Crippen LogP contribution in [0, 0.1) is 6.07 Å². The molecule has 4 aromatic carbocycles. The summed E-state index contributed by atoms with van der Waals surface area (Å²) in [4.78, 5) is 0. The van der Waals surface area contributed by atoms with Crippen LogP contribution >= 0.6 is 0 Å². The van der Waals surface area contributed by atoms with Gasteiger partial charge < -0.3 is 0 Å². The van der Waals surface area contributed by atoms with E-state index >= 15 is 0 Å². The van der Waals surface area contributed by atoms with E-state index in [0.29, 0.717) is 5.92 Å². The molecule has 0 aliphatic carbocycles. The van der Waals surface area contributed by atoms with Crippen molar-refractivity contribution in [3.63, 3.8) is 0 Å². The molecule has 190 valence electrons. The van der Waals surface area contributed by atoms with Gasteiger partial charge in [0.25, 0.3) is 0 Å². The van der Waals surface area contributed by atoms with Gasteiger partial charge in [0.05, 0.1) is 0 Å². The average molecular weight is 522 g/mol. The van der Waals surface area contributed by atoms with Crippen molar-refractivity contribution in [3.05, 3.63) is 142 Å². The molecule has 0 amide bonds. The molecule has 0 saturated heterocycles. The molecule has 0 N–H and O–H groups in total. The second kappa shape index (κ2) is 11.1. The maximum atomic E-state index is 3.82. The van der Waals surface area contributed by atoms with Gasteiger partial charge in [0.1, 0.15) is 0 Å². The van der Waals surface area contributed by atoms with E-state index in [1.54, 1.807) is 0 Å². The summed E-state index contributed by atoms with van der Waals surface area (Å²) >= 11 is 0. The Labute approximate surface area is 240 Å². The second-order valence-electron chi connectivity index (χ2n) is 12.0. The van der Waals surface area contributed by atoms with Crippen molar-refractivity contribution in [1.82, 2.24) is 0 Å². The van der Waals surface area contributed by atoms with Crippen molar-refractivity contribution in [2.24, 2.45) is 0 Å². The summed E-state index contributed by atoms with van der Waals surface area (Å²) in [6.45, 7) is 18.9. The predicted molar refractivity (Wildman–Crippen MR) is 155 cm³/mol. The minimum atomic E-state index is -0.206. The first-order valence-corrected chi connectivity index (χ1v) is 13.3. The molecule has 0 fully saturated rings. The topological polar surface area (TPSA) is 0 Å². The van der Waals surface area contributed by atoms with Crippen molar-refractivity contribution < 1.29 is 21.7 Å². The predicted octanol–water partition coefficient (Wildman–Crippen LogP) is 9.59. The van der Waals surface area contributed by atoms with Crippen LogP contribution in [0.3, 0.4) is 0 Å². The van der Waals surface area contributed by atoms with Crippen LogP contribution in [0.1, 0.15) is 100 Å². The van der Waals surface area contributed by atoms with Crippen molar-refractivity contribution in [2.75, 3.05) is 0 Å². The minimum absolute atomic E-state index is 0. The zero-order valence-corrected chi connectivity index (χ0v) is 25.4. The van der Waals surface area contributed by atoms with Crippen LogP contribution in [-0.4, -0.2) is 0 Å². The van der Waals surface area contributed by atoms with E-state index in [-0.39, 0.29) is 38.0 Å². The normalized spacial score (nSPS) is 12.4. The van der Waals surface area contributed by atoms with Gasteiger partial charge in [0.15, 0.2) is 0 Å². The largest absolute Gasteiger partial charge is 0.179 e. The zero-order valence-electron chi connectivity index (χ0n) is 23.8. The van der Waals surface area contributed by atoms with Gasteiger partial charge in [-0.2, -0.15) is 17.7 Å². The summed E-state index contributed by atoms with van der Waals surface area (Å²) in [5.74, 6) is 0.363. The van der Waals surface area contributed by atoms with E-state index < -0.39 is 0 Å². The molecule has 0 nitrogen and oxygen atoms in total. The molecule has 0 aliphatic rings. The van der Waals surface area contributed by atoms with Gasteiger partial charge >= 0.3 is 0 Å². The fraction of sp³-hybridized carbons (Fsp3) is 0.333. The monoisotopic (exact) mass is 521 g/mol. The van der Waals surface area contributed by atoms with Crippen LogP contribution in [0.5, 0.6) is 0 Å². The fourth-order valence-electron chi connectivity index (χ4n) is 5.82. The van der Waals surface area contributed by atoms with Crippen molar-refractivity contribution in [3.8, 4) is 0 Å². The molecule has 0 aromatic heterocycles. The standard InChI is InChI=1S/C36H41.Ti/c1-26(2)30-24-25-31(34(3,4)27-18-12-9-13-19-27)33(36(7,8)29-22-16-11-17-23-29)32(30)35(5,6)28-20-14-10-15-21-28;/h9-23,25-26H,1-8H3;/q-1;. The van der Waals surface area contributed by atoms with Crippen LogP contribution < -0.4 is 0 Å². The van der Waals surface area contributed by atoms with E-state index in [0.717, 1.165) is 0 Å². The van der Waals surface area contributed by atoms with E-state index in [1.807, 2.05) is 0 Å². The maximum absolute atomic E-state index is 3.82. The van der Waals surface area contributed by atoms with Crippen LogP contribution in [0.2, 0.25) is 0 Å². The summed E-state index contributed by atoms with van der Waals surface area (Å²) in [6, 6.07) is 39.0. The van der Waals surface area contributed by atoms with E-state index in [1.165, 1.54) is 38.9 Å². The number of rotatable bonds is 7. The summed E-state index contributed by atoms with van der Waals surface area (Å²) in [7, 11) is 0. The minimum Gasteiger partial charge on any atom is -0.179 e. The van der Waals surface area contributed by atoms with Gasteiger partial charge in [0, 0.05) is 21.7 Å². The number of hydrogen-bond acceptors (Lipinski definition) is 0. The average Bonchev–Trinajstić information content (AvgIpc) is 2.89. The van der Waals surface area contributed by atoms with Gasteiger partial charge in [-0.05, 0) is 38.9 Å². The summed E-state index contributed by atoms with van der Waals surface area (Å²) < 4.78 is 0. The van der Waals surface area contributed by atoms with Crippen LogP contribution in [0.4, 0.5) is 0 Å². The van der Waals surface area contributed by atoms with E-state index in [2.05, 4.69) is 159 Å². The molecule has 0 aliphatic heterocycles. The molecule has 1 heteroatoms. The first-order chi connectivity index (χ1) is 17.0. The number of hydrogen-bond donors (Lipinski definition) is 0. The Hall–Kier alpha value is -2.41. The Balaban J connectivity index is 0.00000380. The molecule has 0 atom stereocenters. The third-order valence-electron chi connectivity index (χ3n) is 8.15. The molecule has 0 spiro atoms. The summed E-state index contributed by atoms with van der Waals surface area (Å²) in [5.41, 5.74) is 8.92. The van der Waals surface area contributed by atoms with Crippen molar-refractivity contribution in [2.45, 2.75) is 77.6 Å². The van der Waals surface area contributed by atoms with Gasteiger partial charge in [-0.25, -0.2) is 0 Å². The second-order valence-corrected chi connectivity index (χ2v) is 12.0. The molecule has 0 saturated carbocycles. The smallest absolute Gasteiger partial charge is 0 e. The molecule has 0 radical (unpaired) electrons. The van der Waals surface area contributed by atoms with E-state index in [4.69, 9.17) is 0 Å². The molecule has 0 heterocycles. The summed E-state index contributed by atoms with van der Waals surface area (Å²) in [6.07, 6.45) is 0. The first-order valence-electron chi connectivity index (χ1n) is 13.3. The van der Waals surface area contributed by atoms with Gasteiger partial charge in [-0.1, -0.05) is 146 Å². The molecule has 0 unspecified atom stereocenters. The number of benzene rings is 4. The molecular formula is C36H41Ti-. The Bertz CT molecular complexity index is 1300. The van der Waals surface area contributed by atoms with Gasteiger partial charge in [-0.3, -0.25) is 0 Å². The van der Waals surface area contributed by atoms with Crippen LogP contribution in [0.15, 0.2) is 97.1 Å². The zero-order chi connectivity index (χ0) is 26.1. The third-order valence-corrected chi connectivity index (χ3v) is 8.15. The van der Waals surface area contributed by atoms with Crippen LogP contribution in [-0.2, 0) is 38.0 Å². The molecule has 37 heavy (non-hydrogen) atoms. The van der Waals surface area contributed by atoms with Crippen LogP contribution in [0.25, 0.3) is 0 Å². The molecular weight excluding hydrogens is 480 g/mol. The van der Waals surface area contributed by atoms with Crippen molar-refractivity contribution >= 4 is 0 Å². The fourth-order valence-corrected chi connectivity index (χ4v) is 5.82.